The first-order valence-electron chi connectivity index (χ1n) is 9.23. The van der Waals surface area contributed by atoms with E-state index in [2.05, 4.69) is 45.5 Å². The molecule has 4 aromatic rings. The van der Waals surface area contributed by atoms with Crippen LogP contribution in [0.25, 0.3) is 0 Å². The summed E-state index contributed by atoms with van der Waals surface area (Å²) < 4.78 is 1.88. The molecule has 0 amide bonds. The van der Waals surface area contributed by atoms with Gasteiger partial charge in [0.05, 0.1) is 17.6 Å². The fraction of sp³-hybridized carbons (Fsp3) is 0.0556. The van der Waals surface area contributed by atoms with E-state index in [0.29, 0.717) is 0 Å². The van der Waals surface area contributed by atoms with Gasteiger partial charge in [-0.3, -0.25) is 4.99 Å². The minimum Gasteiger partial charge on any atom is -0.368 e. The normalized spacial score (nSPS) is 11.0. The molecule has 0 bridgehead atoms. The first kappa shape index (κ1) is 20.3. The number of anilines is 8. The summed E-state index contributed by atoms with van der Waals surface area (Å²) in [5, 5.41) is 6.06. The lowest BCUT2D eigenvalue weighted by Gasteiger charge is -2.08. The molecule has 0 unspecified atom stereocenters. The molecule has 0 spiro atoms. The van der Waals surface area contributed by atoms with Gasteiger partial charge in [-0.15, -0.1) is 0 Å². The third-order valence-electron chi connectivity index (χ3n) is 4.21. The first-order chi connectivity index (χ1) is 15.4. The molecule has 3 aromatic heterocycles. The average molecular weight is 432 g/mol. The predicted molar refractivity (Wildman–Crippen MR) is 123 cm³/mol. The third kappa shape index (κ3) is 4.76. The highest BCUT2D eigenvalue weighted by Gasteiger charge is 2.07. The van der Waals surface area contributed by atoms with E-state index in [1.54, 1.807) is 6.21 Å². The highest BCUT2D eigenvalue weighted by molar-refractivity contribution is 5.82. The molecule has 10 N–H and O–H groups in total. The van der Waals surface area contributed by atoms with Crippen molar-refractivity contribution in [1.29, 1.82) is 0 Å². The van der Waals surface area contributed by atoms with Crippen LogP contribution >= 0.6 is 0 Å². The van der Waals surface area contributed by atoms with Crippen molar-refractivity contribution in [1.82, 2.24) is 34.5 Å². The molecule has 0 saturated heterocycles. The Hall–Kier alpha value is -5.01. The number of nitrogens with zero attached hydrogens (tertiary/aromatic N) is 8. The molecule has 32 heavy (non-hydrogen) atoms. The lowest BCUT2D eigenvalue weighted by atomic mass is 10.3. The summed E-state index contributed by atoms with van der Waals surface area (Å²) in [5.74, 6) is 1.40. The van der Waals surface area contributed by atoms with Crippen molar-refractivity contribution in [2.24, 2.45) is 12.0 Å². The number of aliphatic imine (C=N–C) groups is 1. The minimum absolute atomic E-state index is 0.0383. The van der Waals surface area contributed by atoms with Crippen LogP contribution in [0.4, 0.5) is 52.9 Å². The number of nitrogens with two attached hydrogens (primary N) is 4. The lowest BCUT2D eigenvalue weighted by Crippen LogP contribution is -2.08. The smallest absolute Gasteiger partial charge is 0.234 e. The second kappa shape index (κ2) is 8.39. The van der Waals surface area contributed by atoms with E-state index < -0.39 is 0 Å². The Bertz CT molecular complexity index is 1240. The van der Waals surface area contributed by atoms with E-state index in [1.807, 2.05) is 48.0 Å². The Morgan fingerprint density at radius 1 is 0.719 bits per heavy atom. The van der Waals surface area contributed by atoms with Crippen molar-refractivity contribution in [2.75, 3.05) is 33.6 Å². The largest absolute Gasteiger partial charge is 0.368 e. The van der Waals surface area contributed by atoms with Crippen molar-refractivity contribution >= 4 is 59.1 Å². The molecule has 0 saturated carbocycles. The maximum Gasteiger partial charge on any atom is 0.234 e. The summed E-state index contributed by atoms with van der Waals surface area (Å²) in [5.41, 5.74) is 24.7. The van der Waals surface area contributed by atoms with Crippen LogP contribution in [-0.4, -0.2) is 40.7 Å². The van der Waals surface area contributed by atoms with Crippen LogP contribution < -0.4 is 33.6 Å². The third-order valence-corrected chi connectivity index (χ3v) is 4.21. The molecule has 162 valence electrons. The number of nitrogen functional groups attached to an aromatic ring is 4. The van der Waals surface area contributed by atoms with Crippen molar-refractivity contribution < 1.29 is 0 Å². The molecular weight excluding hydrogens is 412 g/mol. The molecule has 0 aliphatic heterocycles. The van der Waals surface area contributed by atoms with Crippen LogP contribution in [0.5, 0.6) is 0 Å². The Morgan fingerprint density at radius 2 is 1.25 bits per heavy atom. The SMILES string of the molecule is Cn1c(/C=N/c2ccc(Nc3nc(N)nc(N)n3)cc2)ccc1Nc1nc(N)nc(N)n1. The average Bonchev–Trinajstić information content (AvgIpc) is 3.05. The van der Waals surface area contributed by atoms with Gasteiger partial charge in [-0.05, 0) is 36.4 Å². The van der Waals surface area contributed by atoms with Gasteiger partial charge in [-0.25, -0.2) is 0 Å². The molecule has 4 rings (SSSR count). The summed E-state index contributed by atoms with van der Waals surface area (Å²) in [6.07, 6.45) is 1.73. The minimum atomic E-state index is 0.0383. The van der Waals surface area contributed by atoms with Crippen LogP contribution in [0.2, 0.25) is 0 Å². The Morgan fingerprint density at radius 3 is 1.81 bits per heavy atom. The van der Waals surface area contributed by atoms with Gasteiger partial charge in [0, 0.05) is 12.7 Å². The fourth-order valence-electron chi connectivity index (χ4n) is 2.73. The molecule has 0 aliphatic carbocycles. The summed E-state index contributed by atoms with van der Waals surface area (Å²) >= 11 is 0. The summed E-state index contributed by atoms with van der Waals surface area (Å²) in [7, 11) is 1.87. The molecule has 0 atom stereocenters. The van der Waals surface area contributed by atoms with Crippen molar-refractivity contribution in [3.05, 3.63) is 42.1 Å². The molecule has 0 radical (unpaired) electrons. The first-order valence-corrected chi connectivity index (χ1v) is 9.23. The molecule has 0 aliphatic rings. The summed E-state index contributed by atoms with van der Waals surface area (Å²) in [6, 6.07) is 11.1. The zero-order valence-electron chi connectivity index (χ0n) is 16.9. The molecule has 14 heteroatoms. The molecular formula is C18H20N14. The zero-order chi connectivity index (χ0) is 22.7. The number of nitrogens with one attached hydrogen (secondary N) is 2. The van der Waals surface area contributed by atoms with Crippen LogP contribution in [0, 0.1) is 0 Å². The second-order valence-corrected chi connectivity index (χ2v) is 6.51. The van der Waals surface area contributed by atoms with Crippen LogP contribution in [0.3, 0.4) is 0 Å². The molecule has 14 nitrogen and oxygen atoms in total. The molecule has 1 aromatic carbocycles. The zero-order valence-corrected chi connectivity index (χ0v) is 16.9. The van der Waals surface area contributed by atoms with Crippen molar-refractivity contribution in [3.63, 3.8) is 0 Å². The van der Waals surface area contributed by atoms with Gasteiger partial charge in [0.25, 0.3) is 0 Å². The van der Waals surface area contributed by atoms with Crippen molar-refractivity contribution in [3.8, 4) is 0 Å². The highest BCUT2D eigenvalue weighted by Crippen LogP contribution is 2.20. The summed E-state index contributed by atoms with van der Waals surface area (Å²) in [4.78, 5) is 27.9. The van der Waals surface area contributed by atoms with E-state index in [9.17, 15) is 0 Å². The van der Waals surface area contributed by atoms with Crippen molar-refractivity contribution in [2.45, 2.75) is 0 Å². The van der Waals surface area contributed by atoms with Gasteiger partial charge in [-0.1, -0.05) is 0 Å². The Labute approximate surface area is 181 Å². The number of aromatic nitrogens is 7. The fourth-order valence-corrected chi connectivity index (χ4v) is 2.73. The van der Waals surface area contributed by atoms with Gasteiger partial charge in [-0.2, -0.15) is 29.9 Å². The van der Waals surface area contributed by atoms with E-state index in [1.165, 1.54) is 0 Å². The van der Waals surface area contributed by atoms with E-state index in [0.717, 1.165) is 22.9 Å². The highest BCUT2D eigenvalue weighted by atomic mass is 15.2. The maximum atomic E-state index is 5.60. The van der Waals surface area contributed by atoms with E-state index in [-0.39, 0.29) is 35.7 Å². The van der Waals surface area contributed by atoms with Gasteiger partial charge in [0.1, 0.15) is 5.82 Å². The maximum absolute atomic E-state index is 5.60. The predicted octanol–water partition coefficient (Wildman–Crippen LogP) is 0.962. The number of hydrogen-bond donors (Lipinski definition) is 6. The van der Waals surface area contributed by atoms with E-state index >= 15 is 0 Å². The van der Waals surface area contributed by atoms with Gasteiger partial charge >= 0.3 is 0 Å². The standard InChI is InChI=1S/C18H20N14/c1-32-11(6-7-12(32)25-18-30-15(21)27-16(22)31-18)8-23-9-2-4-10(5-3-9)24-17-28-13(19)26-14(20)29-17/h2-8H,1H3,(H5,19,20,24,26,28,29)(H5,21,22,25,27,30,31)/b23-8+. The topological polar surface area (TPSA) is 223 Å². The number of rotatable bonds is 6. The van der Waals surface area contributed by atoms with Gasteiger partial charge < -0.3 is 38.1 Å². The number of hydrogen-bond acceptors (Lipinski definition) is 13. The Kier molecular flexibility index (Phi) is 5.31. The number of benzene rings is 1. The lowest BCUT2D eigenvalue weighted by molar-refractivity contribution is 0.921. The summed E-state index contributed by atoms with van der Waals surface area (Å²) in [6.45, 7) is 0. The quantitative estimate of drug-likeness (QED) is 0.234. The monoisotopic (exact) mass is 432 g/mol. The second-order valence-electron chi connectivity index (χ2n) is 6.51. The van der Waals surface area contributed by atoms with Gasteiger partial charge in [0.15, 0.2) is 0 Å². The molecule has 3 heterocycles. The van der Waals surface area contributed by atoms with Crippen LogP contribution in [0.15, 0.2) is 41.4 Å². The molecule has 0 fully saturated rings. The van der Waals surface area contributed by atoms with Gasteiger partial charge in [0.2, 0.25) is 35.7 Å². The Balaban J connectivity index is 1.44. The van der Waals surface area contributed by atoms with Crippen LogP contribution in [-0.2, 0) is 7.05 Å². The van der Waals surface area contributed by atoms with E-state index in [4.69, 9.17) is 22.9 Å². The van der Waals surface area contributed by atoms with Crippen LogP contribution in [0.1, 0.15) is 5.69 Å².